The largest absolute Gasteiger partial charge is 0.381 e. The molecule has 1 aliphatic rings. The molecule has 1 rings (SSSR count). The molecule has 0 radical (unpaired) electrons. The van der Waals surface area contributed by atoms with E-state index in [1.165, 1.54) is 0 Å². The Morgan fingerprint density at radius 2 is 1.70 bits per heavy atom. The third-order valence-electron chi connectivity index (χ3n) is 3.88. The normalized spacial score (nSPS) is 19.0. The van der Waals surface area contributed by atoms with Gasteiger partial charge in [0.25, 0.3) is 0 Å². The molecule has 1 saturated heterocycles. The van der Waals surface area contributed by atoms with Gasteiger partial charge in [-0.2, -0.15) is 0 Å². The molecule has 1 heterocycles. The van der Waals surface area contributed by atoms with Gasteiger partial charge in [0.15, 0.2) is 0 Å². The summed E-state index contributed by atoms with van der Waals surface area (Å²) in [6.45, 7) is 20.1. The molecule has 0 amide bonds. The fraction of sp³-hybridized carbons (Fsp3) is 0.765. The molecule has 0 atom stereocenters. The van der Waals surface area contributed by atoms with E-state index in [1.807, 2.05) is 12.2 Å². The van der Waals surface area contributed by atoms with Crippen LogP contribution < -0.4 is 5.32 Å². The average Bonchev–Trinajstić information content (AvgIpc) is 2.38. The summed E-state index contributed by atoms with van der Waals surface area (Å²) in [6, 6.07) is 0. The summed E-state index contributed by atoms with van der Waals surface area (Å²) >= 11 is 0. The summed E-state index contributed by atoms with van der Waals surface area (Å²) in [4.78, 5) is 2.43. The average molecular weight is 280 g/mol. The lowest BCUT2D eigenvalue weighted by molar-refractivity contribution is -0.00385. The number of ether oxygens (including phenoxy) is 1. The van der Waals surface area contributed by atoms with Gasteiger partial charge in [0.05, 0.1) is 0 Å². The van der Waals surface area contributed by atoms with Crippen LogP contribution in [0, 0.1) is 5.41 Å². The predicted octanol–water partition coefficient (Wildman–Crippen LogP) is 2.85. The Balaban J connectivity index is 2.70. The minimum Gasteiger partial charge on any atom is -0.381 e. The Kier molecular flexibility index (Phi) is 6.93. The molecule has 0 bridgehead atoms. The second-order valence-electron chi connectivity index (χ2n) is 6.99. The number of hydrogen-bond donors (Lipinski definition) is 1. The van der Waals surface area contributed by atoms with E-state index in [9.17, 15) is 0 Å². The van der Waals surface area contributed by atoms with Gasteiger partial charge in [-0.05, 0) is 39.0 Å². The van der Waals surface area contributed by atoms with Crippen LogP contribution in [0.25, 0.3) is 0 Å². The van der Waals surface area contributed by atoms with Crippen molar-refractivity contribution in [1.29, 1.82) is 0 Å². The van der Waals surface area contributed by atoms with Gasteiger partial charge in [-0.1, -0.05) is 12.2 Å². The predicted molar refractivity (Wildman–Crippen MR) is 87.1 cm³/mol. The summed E-state index contributed by atoms with van der Waals surface area (Å²) in [6.07, 6.45) is 6.21. The molecule has 1 fully saturated rings. The first-order valence-corrected chi connectivity index (χ1v) is 7.68. The van der Waals surface area contributed by atoms with Gasteiger partial charge in [0.1, 0.15) is 0 Å². The third-order valence-corrected chi connectivity index (χ3v) is 3.88. The number of nitrogens with one attached hydrogen (secondary N) is 1. The van der Waals surface area contributed by atoms with Crippen molar-refractivity contribution in [2.24, 2.45) is 5.41 Å². The zero-order valence-corrected chi connectivity index (χ0v) is 13.6. The number of nitrogens with zero attached hydrogens (tertiary/aromatic N) is 1. The zero-order valence-electron chi connectivity index (χ0n) is 13.6. The molecule has 0 unspecified atom stereocenters. The molecule has 0 spiro atoms. The van der Waals surface area contributed by atoms with Gasteiger partial charge in [0.2, 0.25) is 0 Å². The van der Waals surface area contributed by atoms with E-state index in [0.717, 1.165) is 52.2 Å². The topological polar surface area (TPSA) is 24.5 Å². The highest BCUT2D eigenvalue weighted by Crippen LogP contribution is 2.31. The van der Waals surface area contributed by atoms with Crippen molar-refractivity contribution >= 4 is 0 Å². The summed E-state index contributed by atoms with van der Waals surface area (Å²) in [5.41, 5.74) is 0.463. The van der Waals surface area contributed by atoms with Crippen LogP contribution in [-0.4, -0.2) is 49.8 Å². The molecule has 0 aromatic carbocycles. The van der Waals surface area contributed by atoms with E-state index < -0.39 is 0 Å². The molecule has 0 aromatic rings. The van der Waals surface area contributed by atoms with Crippen LogP contribution in [0.4, 0.5) is 0 Å². The molecular weight excluding hydrogens is 248 g/mol. The van der Waals surface area contributed by atoms with Crippen LogP contribution in [0.15, 0.2) is 25.3 Å². The first-order valence-electron chi connectivity index (χ1n) is 7.68. The second-order valence-corrected chi connectivity index (χ2v) is 6.99. The molecule has 116 valence electrons. The van der Waals surface area contributed by atoms with Crippen molar-refractivity contribution in [3.63, 3.8) is 0 Å². The SMILES string of the molecule is C=CCN(CC=C)CC1(CNC(C)(C)C)CCOCC1. The van der Waals surface area contributed by atoms with E-state index in [0.29, 0.717) is 5.41 Å². The Hall–Kier alpha value is -0.640. The van der Waals surface area contributed by atoms with Crippen molar-refractivity contribution in [2.75, 3.05) is 39.4 Å². The Morgan fingerprint density at radius 1 is 1.15 bits per heavy atom. The van der Waals surface area contributed by atoms with Crippen LogP contribution in [0.1, 0.15) is 33.6 Å². The zero-order chi connectivity index (χ0) is 15.1. The first-order chi connectivity index (χ1) is 9.41. The fourth-order valence-electron chi connectivity index (χ4n) is 2.69. The van der Waals surface area contributed by atoms with Crippen LogP contribution in [0.2, 0.25) is 0 Å². The minimum absolute atomic E-state index is 0.160. The van der Waals surface area contributed by atoms with E-state index in [2.05, 4.69) is 44.1 Å². The van der Waals surface area contributed by atoms with E-state index in [4.69, 9.17) is 4.74 Å². The maximum absolute atomic E-state index is 5.57. The maximum Gasteiger partial charge on any atom is 0.0472 e. The summed E-state index contributed by atoms with van der Waals surface area (Å²) in [7, 11) is 0. The Morgan fingerprint density at radius 3 is 2.15 bits per heavy atom. The molecule has 0 aliphatic carbocycles. The van der Waals surface area contributed by atoms with Crippen molar-refractivity contribution in [2.45, 2.75) is 39.2 Å². The van der Waals surface area contributed by atoms with Crippen molar-refractivity contribution < 1.29 is 4.74 Å². The molecule has 0 aromatic heterocycles. The Bertz CT molecular complexity index is 291. The highest BCUT2D eigenvalue weighted by Gasteiger charge is 2.34. The van der Waals surface area contributed by atoms with Gasteiger partial charge in [-0.15, -0.1) is 13.2 Å². The molecule has 1 N–H and O–H groups in total. The monoisotopic (exact) mass is 280 g/mol. The van der Waals surface area contributed by atoms with Crippen LogP contribution in [0.3, 0.4) is 0 Å². The van der Waals surface area contributed by atoms with Gasteiger partial charge in [0, 0.05) is 44.9 Å². The van der Waals surface area contributed by atoms with Gasteiger partial charge >= 0.3 is 0 Å². The first kappa shape index (κ1) is 17.4. The quantitative estimate of drug-likeness (QED) is 0.692. The van der Waals surface area contributed by atoms with Gasteiger partial charge in [-0.25, -0.2) is 0 Å². The molecule has 20 heavy (non-hydrogen) atoms. The molecule has 3 heteroatoms. The molecule has 1 aliphatic heterocycles. The summed E-state index contributed by atoms with van der Waals surface area (Å²) in [5.74, 6) is 0. The lowest BCUT2D eigenvalue weighted by Gasteiger charge is -2.42. The maximum atomic E-state index is 5.57. The van der Waals surface area contributed by atoms with Gasteiger partial charge in [-0.3, -0.25) is 4.90 Å². The third kappa shape index (κ3) is 6.21. The number of rotatable bonds is 8. The standard InChI is InChI=1S/C17H32N2O/c1-6-10-19(11-7-2)15-17(8-12-20-13-9-17)14-18-16(3,4)5/h6-7,18H,1-2,8-15H2,3-5H3. The molecule has 3 nitrogen and oxygen atoms in total. The van der Waals surface area contributed by atoms with Crippen molar-refractivity contribution in [3.05, 3.63) is 25.3 Å². The highest BCUT2D eigenvalue weighted by atomic mass is 16.5. The van der Waals surface area contributed by atoms with Crippen LogP contribution in [0.5, 0.6) is 0 Å². The van der Waals surface area contributed by atoms with E-state index in [1.54, 1.807) is 0 Å². The van der Waals surface area contributed by atoms with Crippen molar-refractivity contribution in [3.8, 4) is 0 Å². The molecular formula is C17H32N2O. The highest BCUT2D eigenvalue weighted by molar-refractivity contribution is 4.92. The van der Waals surface area contributed by atoms with Crippen molar-refractivity contribution in [1.82, 2.24) is 10.2 Å². The lowest BCUT2D eigenvalue weighted by Crippen LogP contribution is -2.51. The second kappa shape index (κ2) is 7.96. The van der Waals surface area contributed by atoms with Crippen LogP contribution in [-0.2, 0) is 4.74 Å². The van der Waals surface area contributed by atoms with E-state index >= 15 is 0 Å². The minimum atomic E-state index is 0.160. The fourth-order valence-corrected chi connectivity index (χ4v) is 2.69. The van der Waals surface area contributed by atoms with Crippen LogP contribution >= 0.6 is 0 Å². The lowest BCUT2D eigenvalue weighted by atomic mass is 9.79. The smallest absolute Gasteiger partial charge is 0.0472 e. The summed E-state index contributed by atoms with van der Waals surface area (Å²) in [5, 5.41) is 3.69. The summed E-state index contributed by atoms with van der Waals surface area (Å²) < 4.78 is 5.57. The Labute approximate surface area is 125 Å². The molecule has 0 saturated carbocycles. The number of hydrogen-bond acceptors (Lipinski definition) is 3. The van der Waals surface area contributed by atoms with Gasteiger partial charge < -0.3 is 10.1 Å². The van der Waals surface area contributed by atoms with E-state index in [-0.39, 0.29) is 5.54 Å².